The molecule has 1 aromatic carbocycles. The molecule has 3 rings (SSSR count). The zero-order valence-corrected chi connectivity index (χ0v) is 14.1. The van der Waals surface area contributed by atoms with E-state index in [1.165, 1.54) is 44.1 Å². The van der Waals surface area contributed by atoms with Crippen molar-refractivity contribution in [2.45, 2.75) is 57.2 Å². The van der Waals surface area contributed by atoms with Crippen LogP contribution in [-0.2, 0) is 6.54 Å². The highest BCUT2D eigenvalue weighted by molar-refractivity contribution is 7.80. The van der Waals surface area contributed by atoms with E-state index in [9.17, 15) is 0 Å². The third kappa shape index (κ3) is 4.68. The Labute approximate surface area is 139 Å². The number of thiocarbonyl (C=S) groups is 1. The number of hydrogen-bond acceptors (Lipinski definition) is 2. The maximum atomic E-state index is 5.47. The molecule has 22 heavy (non-hydrogen) atoms. The van der Waals surface area contributed by atoms with E-state index in [1.54, 1.807) is 0 Å². The van der Waals surface area contributed by atoms with E-state index in [4.69, 9.17) is 12.2 Å². The molecule has 120 valence electrons. The van der Waals surface area contributed by atoms with Gasteiger partial charge in [0.25, 0.3) is 0 Å². The highest BCUT2D eigenvalue weighted by Gasteiger charge is 2.21. The Morgan fingerprint density at radius 2 is 1.55 bits per heavy atom. The van der Waals surface area contributed by atoms with Crippen LogP contribution in [0, 0.1) is 0 Å². The number of likely N-dealkylation sites (tertiary alicyclic amines) is 1. The first-order chi connectivity index (χ1) is 10.8. The number of rotatable bonds is 4. The lowest BCUT2D eigenvalue weighted by Gasteiger charge is -2.33. The third-order valence-corrected chi connectivity index (χ3v) is 5.10. The van der Waals surface area contributed by atoms with Crippen LogP contribution in [-0.4, -0.2) is 35.2 Å². The quantitative estimate of drug-likeness (QED) is 0.835. The van der Waals surface area contributed by atoms with Crippen molar-refractivity contribution in [2.75, 3.05) is 13.1 Å². The second-order valence-electron chi connectivity index (χ2n) is 6.64. The number of benzene rings is 1. The highest BCUT2D eigenvalue weighted by Crippen LogP contribution is 2.18. The summed E-state index contributed by atoms with van der Waals surface area (Å²) in [4.78, 5) is 2.54. The normalized spacial score (nSPS) is 20.9. The van der Waals surface area contributed by atoms with Crippen LogP contribution < -0.4 is 10.6 Å². The summed E-state index contributed by atoms with van der Waals surface area (Å²) < 4.78 is 0. The molecule has 2 fully saturated rings. The zero-order valence-electron chi connectivity index (χ0n) is 13.3. The second-order valence-corrected chi connectivity index (χ2v) is 7.04. The van der Waals surface area contributed by atoms with Gasteiger partial charge in [0.15, 0.2) is 5.11 Å². The lowest BCUT2D eigenvalue weighted by molar-refractivity contribution is 0.198. The van der Waals surface area contributed by atoms with Gasteiger partial charge < -0.3 is 10.6 Å². The minimum atomic E-state index is 0.536. The molecular formula is C18H27N3S. The van der Waals surface area contributed by atoms with Crippen molar-refractivity contribution in [2.24, 2.45) is 0 Å². The molecule has 1 saturated carbocycles. The predicted octanol–water partition coefficient (Wildman–Crippen LogP) is 3.06. The molecule has 0 spiro atoms. The van der Waals surface area contributed by atoms with Crippen LogP contribution in [0.5, 0.6) is 0 Å². The molecule has 3 nitrogen and oxygen atoms in total. The van der Waals surface area contributed by atoms with Gasteiger partial charge in [-0.3, -0.25) is 4.90 Å². The van der Waals surface area contributed by atoms with Crippen LogP contribution in [0.15, 0.2) is 30.3 Å². The molecule has 0 amide bonds. The van der Waals surface area contributed by atoms with Gasteiger partial charge in [-0.2, -0.15) is 0 Å². The lowest BCUT2D eigenvalue weighted by Crippen LogP contribution is -2.49. The second kappa shape index (κ2) is 7.93. The highest BCUT2D eigenvalue weighted by atomic mass is 32.1. The average Bonchev–Trinajstić information content (AvgIpc) is 3.03. The van der Waals surface area contributed by atoms with Gasteiger partial charge in [0.2, 0.25) is 0 Å². The fourth-order valence-electron chi connectivity index (χ4n) is 3.56. The van der Waals surface area contributed by atoms with Gasteiger partial charge in [0.05, 0.1) is 0 Å². The monoisotopic (exact) mass is 317 g/mol. The van der Waals surface area contributed by atoms with Crippen molar-refractivity contribution in [3.8, 4) is 0 Å². The molecule has 1 saturated heterocycles. The molecule has 0 unspecified atom stereocenters. The minimum Gasteiger partial charge on any atom is -0.360 e. The van der Waals surface area contributed by atoms with Gasteiger partial charge in [-0.25, -0.2) is 0 Å². The van der Waals surface area contributed by atoms with Gasteiger partial charge in [0, 0.05) is 31.7 Å². The molecule has 0 atom stereocenters. The van der Waals surface area contributed by atoms with Gasteiger partial charge in [-0.15, -0.1) is 0 Å². The van der Waals surface area contributed by atoms with Crippen LogP contribution in [0.4, 0.5) is 0 Å². The summed E-state index contributed by atoms with van der Waals surface area (Å²) in [6.07, 6.45) is 7.60. The molecule has 1 aliphatic heterocycles. The van der Waals surface area contributed by atoms with Crippen molar-refractivity contribution < 1.29 is 0 Å². The number of piperidine rings is 1. The van der Waals surface area contributed by atoms with E-state index in [0.717, 1.165) is 24.7 Å². The Morgan fingerprint density at radius 1 is 0.955 bits per heavy atom. The Balaban J connectivity index is 1.37. The average molecular weight is 318 g/mol. The number of hydrogen-bond donors (Lipinski definition) is 2. The van der Waals surface area contributed by atoms with Gasteiger partial charge in [-0.05, 0) is 43.5 Å². The molecular weight excluding hydrogens is 290 g/mol. The van der Waals surface area contributed by atoms with Crippen LogP contribution in [0.1, 0.15) is 44.1 Å². The summed E-state index contributed by atoms with van der Waals surface area (Å²) in [6, 6.07) is 11.9. The fourth-order valence-corrected chi connectivity index (χ4v) is 3.89. The SMILES string of the molecule is S=C(NC1CCCC1)NC1CCN(Cc2ccccc2)CC1. The van der Waals surface area contributed by atoms with Gasteiger partial charge in [0.1, 0.15) is 0 Å². The van der Waals surface area contributed by atoms with Crippen molar-refractivity contribution in [1.82, 2.24) is 15.5 Å². The Kier molecular flexibility index (Phi) is 5.68. The minimum absolute atomic E-state index is 0.536. The maximum Gasteiger partial charge on any atom is 0.166 e. The summed E-state index contributed by atoms with van der Waals surface area (Å²) >= 11 is 5.47. The Morgan fingerprint density at radius 3 is 2.18 bits per heavy atom. The smallest absolute Gasteiger partial charge is 0.166 e. The van der Waals surface area contributed by atoms with E-state index in [2.05, 4.69) is 45.9 Å². The van der Waals surface area contributed by atoms with Crippen LogP contribution in [0.2, 0.25) is 0 Å². The molecule has 4 heteroatoms. The first-order valence-electron chi connectivity index (χ1n) is 8.63. The maximum absolute atomic E-state index is 5.47. The lowest BCUT2D eigenvalue weighted by atomic mass is 10.0. The first-order valence-corrected chi connectivity index (χ1v) is 9.04. The molecule has 2 aliphatic rings. The predicted molar refractivity (Wildman–Crippen MR) is 95.9 cm³/mol. The van der Waals surface area contributed by atoms with Crippen LogP contribution in [0.3, 0.4) is 0 Å². The van der Waals surface area contributed by atoms with Gasteiger partial charge in [-0.1, -0.05) is 43.2 Å². The number of nitrogens with zero attached hydrogens (tertiary/aromatic N) is 1. The van der Waals surface area contributed by atoms with Crippen molar-refractivity contribution in [3.05, 3.63) is 35.9 Å². The van der Waals surface area contributed by atoms with Crippen molar-refractivity contribution in [3.63, 3.8) is 0 Å². The van der Waals surface area contributed by atoms with E-state index in [1.807, 2.05) is 0 Å². The summed E-state index contributed by atoms with van der Waals surface area (Å²) in [7, 11) is 0. The Bertz CT molecular complexity index is 462. The Hall–Kier alpha value is -1.13. The van der Waals surface area contributed by atoms with Crippen LogP contribution >= 0.6 is 12.2 Å². The largest absolute Gasteiger partial charge is 0.360 e. The third-order valence-electron chi connectivity index (χ3n) is 4.86. The van der Waals surface area contributed by atoms with Crippen LogP contribution in [0.25, 0.3) is 0 Å². The van der Waals surface area contributed by atoms with E-state index in [0.29, 0.717) is 12.1 Å². The van der Waals surface area contributed by atoms with Crippen molar-refractivity contribution >= 4 is 17.3 Å². The molecule has 1 aliphatic carbocycles. The molecule has 1 aromatic rings. The molecule has 0 aromatic heterocycles. The van der Waals surface area contributed by atoms with E-state index in [-0.39, 0.29) is 0 Å². The summed E-state index contributed by atoms with van der Waals surface area (Å²) in [5, 5.41) is 7.88. The molecule has 1 heterocycles. The van der Waals surface area contributed by atoms with E-state index >= 15 is 0 Å². The number of nitrogens with one attached hydrogen (secondary N) is 2. The molecule has 0 bridgehead atoms. The fraction of sp³-hybridized carbons (Fsp3) is 0.611. The van der Waals surface area contributed by atoms with Gasteiger partial charge >= 0.3 is 0 Å². The molecule has 0 radical (unpaired) electrons. The summed E-state index contributed by atoms with van der Waals surface area (Å²) in [5.41, 5.74) is 1.41. The topological polar surface area (TPSA) is 27.3 Å². The van der Waals surface area contributed by atoms with E-state index < -0.39 is 0 Å². The molecule has 2 N–H and O–H groups in total. The van der Waals surface area contributed by atoms with Crippen molar-refractivity contribution in [1.29, 1.82) is 0 Å². The summed E-state index contributed by atoms with van der Waals surface area (Å²) in [6.45, 7) is 3.37. The standard InChI is InChI=1S/C18H27N3S/c22-18(19-16-8-4-5-9-16)20-17-10-12-21(13-11-17)14-15-6-2-1-3-7-15/h1-3,6-7,16-17H,4-5,8-14H2,(H2,19,20,22). The zero-order chi connectivity index (χ0) is 15.2. The first kappa shape index (κ1) is 15.8. The summed E-state index contributed by atoms with van der Waals surface area (Å²) in [5.74, 6) is 0.